The van der Waals surface area contributed by atoms with Crippen molar-refractivity contribution in [1.82, 2.24) is 10.6 Å². The van der Waals surface area contributed by atoms with Gasteiger partial charge < -0.3 is 25.0 Å². The Morgan fingerprint density at radius 2 is 1.94 bits per heavy atom. The predicted octanol–water partition coefficient (Wildman–Crippen LogP) is 2.95. The summed E-state index contributed by atoms with van der Waals surface area (Å²) in [7, 11) is 3.28. The van der Waals surface area contributed by atoms with Crippen LogP contribution in [0.5, 0.6) is 11.5 Å². The molecule has 3 rings (SSSR count). The van der Waals surface area contributed by atoms with E-state index in [4.69, 9.17) is 9.47 Å². The maximum Gasteiger partial charge on any atom is 0.274 e. The van der Waals surface area contributed by atoms with Gasteiger partial charge in [0, 0.05) is 55.6 Å². The third-order valence-corrected chi connectivity index (χ3v) is 5.17. The zero-order valence-electron chi connectivity index (χ0n) is 18.1. The summed E-state index contributed by atoms with van der Waals surface area (Å²) in [5.41, 5.74) is 1.71. The molecule has 1 aliphatic rings. The molecular weight excluding hydrogens is 398 g/mol. The van der Waals surface area contributed by atoms with Gasteiger partial charge in [0.05, 0.1) is 31.3 Å². The van der Waals surface area contributed by atoms with Crippen LogP contribution in [-0.2, 0) is 6.54 Å². The minimum absolute atomic E-state index is 0.0844. The highest BCUT2D eigenvalue weighted by atomic mass is 16.6. The number of methoxy groups -OCH3 is 2. The zero-order valence-corrected chi connectivity index (χ0v) is 18.1. The number of nitro groups is 1. The van der Waals surface area contributed by atoms with Crippen LogP contribution in [0.25, 0.3) is 0 Å². The number of hydrogen-bond donors (Lipinski definition) is 2. The van der Waals surface area contributed by atoms with Crippen LogP contribution in [0.4, 0.5) is 11.4 Å². The van der Waals surface area contributed by atoms with Crippen molar-refractivity contribution in [3.8, 4) is 11.5 Å². The monoisotopic (exact) mass is 427 g/mol. The topological polar surface area (TPSA) is 101 Å². The molecule has 1 aliphatic heterocycles. The quantitative estimate of drug-likeness (QED) is 0.289. The summed E-state index contributed by atoms with van der Waals surface area (Å²) in [6.45, 7) is 4.61. The molecule has 166 valence electrons. The second kappa shape index (κ2) is 10.5. The van der Waals surface area contributed by atoms with Crippen LogP contribution in [0.2, 0.25) is 0 Å². The first kappa shape index (κ1) is 22.2. The van der Waals surface area contributed by atoms with Crippen molar-refractivity contribution in [3.05, 3.63) is 58.1 Å². The molecule has 9 nitrogen and oxygen atoms in total. The van der Waals surface area contributed by atoms with Gasteiger partial charge in [0.1, 0.15) is 11.5 Å². The summed E-state index contributed by atoms with van der Waals surface area (Å²) in [4.78, 5) is 17.7. The van der Waals surface area contributed by atoms with E-state index in [1.54, 1.807) is 32.4 Å². The van der Waals surface area contributed by atoms with Gasteiger partial charge in [-0.05, 0) is 13.3 Å². The van der Waals surface area contributed by atoms with E-state index in [9.17, 15) is 10.1 Å². The Labute approximate surface area is 182 Å². The molecule has 1 heterocycles. The molecule has 0 radical (unpaired) electrons. The summed E-state index contributed by atoms with van der Waals surface area (Å²) in [5.74, 6) is 2.16. The van der Waals surface area contributed by atoms with E-state index in [0.717, 1.165) is 36.7 Å². The Bertz CT molecular complexity index is 912. The third kappa shape index (κ3) is 5.78. The van der Waals surface area contributed by atoms with Crippen molar-refractivity contribution in [3.63, 3.8) is 0 Å². The van der Waals surface area contributed by atoms with Gasteiger partial charge in [-0.15, -0.1) is 0 Å². The van der Waals surface area contributed by atoms with Gasteiger partial charge in [0.25, 0.3) is 5.69 Å². The molecule has 2 N–H and O–H groups in total. The lowest BCUT2D eigenvalue weighted by Crippen LogP contribution is -2.44. The number of aliphatic imine (C=N–C) groups is 1. The zero-order chi connectivity index (χ0) is 22.2. The number of hydrogen-bond acceptors (Lipinski definition) is 6. The van der Waals surface area contributed by atoms with Crippen molar-refractivity contribution in [2.24, 2.45) is 4.99 Å². The molecule has 1 unspecified atom stereocenters. The number of nitro benzene ring substituents is 1. The Morgan fingerprint density at radius 3 is 2.58 bits per heavy atom. The van der Waals surface area contributed by atoms with Crippen LogP contribution in [-0.4, -0.2) is 50.8 Å². The first-order chi connectivity index (χ1) is 15.0. The lowest BCUT2D eigenvalue weighted by atomic mass is 10.2. The van der Waals surface area contributed by atoms with Gasteiger partial charge >= 0.3 is 0 Å². The molecule has 31 heavy (non-hydrogen) atoms. The average Bonchev–Trinajstić information content (AvgIpc) is 3.26. The van der Waals surface area contributed by atoms with Crippen LogP contribution < -0.4 is 25.0 Å². The molecule has 2 aromatic rings. The second-order valence-corrected chi connectivity index (χ2v) is 7.23. The van der Waals surface area contributed by atoms with Crippen LogP contribution in [0.1, 0.15) is 18.9 Å². The lowest BCUT2D eigenvalue weighted by molar-refractivity contribution is -0.385. The Kier molecular flexibility index (Phi) is 7.53. The standard InChI is InChI=1S/C22H29N5O4/c1-4-23-22(24-14-16-7-5-6-8-21(16)27(28)29)25-17-9-10-26(15-17)18-11-19(30-2)13-20(12-18)31-3/h5-8,11-13,17H,4,9-10,14-15H2,1-3H3,(H2,23,24,25). The molecule has 0 amide bonds. The van der Waals surface area contributed by atoms with Gasteiger partial charge in [-0.1, -0.05) is 18.2 Å². The summed E-state index contributed by atoms with van der Waals surface area (Å²) >= 11 is 0. The lowest BCUT2D eigenvalue weighted by Gasteiger charge is -2.21. The molecular formula is C22H29N5O4. The number of nitrogens with zero attached hydrogens (tertiary/aromatic N) is 3. The summed E-state index contributed by atoms with van der Waals surface area (Å²) < 4.78 is 10.8. The number of guanidine groups is 1. The first-order valence-corrected chi connectivity index (χ1v) is 10.3. The summed E-state index contributed by atoms with van der Waals surface area (Å²) in [6.07, 6.45) is 0.940. The number of benzene rings is 2. The summed E-state index contributed by atoms with van der Waals surface area (Å²) in [6, 6.07) is 12.7. The Balaban J connectivity index is 1.68. The molecule has 1 atom stereocenters. The number of ether oxygens (including phenoxy) is 2. The van der Waals surface area contributed by atoms with Crippen molar-refractivity contribution in [2.45, 2.75) is 25.9 Å². The number of anilines is 1. The molecule has 0 bridgehead atoms. The van der Waals surface area contributed by atoms with Crippen LogP contribution in [0.3, 0.4) is 0 Å². The molecule has 0 spiro atoms. The molecule has 0 aliphatic carbocycles. The number of rotatable bonds is 8. The van der Waals surface area contributed by atoms with Gasteiger partial charge in [-0.2, -0.15) is 0 Å². The number of para-hydroxylation sites is 1. The minimum atomic E-state index is -0.373. The van der Waals surface area contributed by atoms with E-state index in [2.05, 4.69) is 20.5 Å². The Morgan fingerprint density at radius 1 is 1.23 bits per heavy atom. The van der Waals surface area contributed by atoms with E-state index in [1.807, 2.05) is 25.1 Å². The average molecular weight is 428 g/mol. The molecule has 2 aromatic carbocycles. The highest BCUT2D eigenvalue weighted by Gasteiger charge is 2.24. The van der Waals surface area contributed by atoms with Gasteiger partial charge in [0.15, 0.2) is 5.96 Å². The van der Waals surface area contributed by atoms with Crippen molar-refractivity contribution < 1.29 is 14.4 Å². The van der Waals surface area contributed by atoms with Crippen molar-refractivity contribution >= 4 is 17.3 Å². The normalized spacial score (nSPS) is 16.2. The van der Waals surface area contributed by atoms with Crippen LogP contribution in [0.15, 0.2) is 47.5 Å². The van der Waals surface area contributed by atoms with Crippen LogP contribution in [0, 0.1) is 10.1 Å². The fraction of sp³-hybridized carbons (Fsp3) is 0.409. The van der Waals surface area contributed by atoms with E-state index in [-0.39, 0.29) is 23.2 Å². The van der Waals surface area contributed by atoms with Gasteiger partial charge in [-0.25, -0.2) is 4.99 Å². The molecule has 0 saturated carbocycles. The largest absolute Gasteiger partial charge is 0.497 e. The molecule has 1 fully saturated rings. The molecule has 0 aromatic heterocycles. The predicted molar refractivity (Wildman–Crippen MR) is 121 cm³/mol. The van der Waals surface area contributed by atoms with E-state index in [0.29, 0.717) is 18.1 Å². The summed E-state index contributed by atoms with van der Waals surface area (Å²) in [5, 5.41) is 17.9. The molecule has 1 saturated heterocycles. The van der Waals surface area contributed by atoms with Crippen LogP contribution >= 0.6 is 0 Å². The van der Waals surface area contributed by atoms with E-state index >= 15 is 0 Å². The molecule has 9 heteroatoms. The van der Waals surface area contributed by atoms with E-state index < -0.39 is 0 Å². The fourth-order valence-electron chi connectivity index (χ4n) is 3.59. The minimum Gasteiger partial charge on any atom is -0.497 e. The maximum atomic E-state index is 11.2. The third-order valence-electron chi connectivity index (χ3n) is 5.17. The first-order valence-electron chi connectivity index (χ1n) is 10.3. The SMILES string of the molecule is CCNC(=NCc1ccccc1[N+](=O)[O-])NC1CCN(c2cc(OC)cc(OC)c2)C1. The highest BCUT2D eigenvalue weighted by molar-refractivity contribution is 5.80. The maximum absolute atomic E-state index is 11.2. The highest BCUT2D eigenvalue weighted by Crippen LogP contribution is 2.30. The fourth-order valence-corrected chi connectivity index (χ4v) is 3.59. The van der Waals surface area contributed by atoms with Gasteiger partial charge in [0.2, 0.25) is 0 Å². The van der Waals surface area contributed by atoms with Crippen molar-refractivity contribution in [1.29, 1.82) is 0 Å². The number of nitrogens with one attached hydrogen (secondary N) is 2. The van der Waals surface area contributed by atoms with E-state index in [1.165, 1.54) is 6.07 Å². The van der Waals surface area contributed by atoms with Crippen molar-refractivity contribution in [2.75, 3.05) is 38.8 Å². The smallest absolute Gasteiger partial charge is 0.274 e. The van der Waals surface area contributed by atoms with Gasteiger partial charge in [-0.3, -0.25) is 10.1 Å². The Hall–Kier alpha value is -3.49. The second-order valence-electron chi connectivity index (χ2n) is 7.23.